The second-order valence-corrected chi connectivity index (χ2v) is 9.46. The van der Waals surface area contributed by atoms with Crippen molar-refractivity contribution in [2.24, 2.45) is 11.8 Å². The Morgan fingerprint density at radius 3 is 2.26 bits per heavy atom. The Hall–Kier alpha value is -3.13. The van der Waals surface area contributed by atoms with E-state index in [-0.39, 0.29) is 42.2 Å². The van der Waals surface area contributed by atoms with E-state index in [0.29, 0.717) is 23.9 Å². The third-order valence-corrected chi connectivity index (χ3v) is 7.32. The highest BCUT2D eigenvalue weighted by Crippen LogP contribution is 2.57. The lowest BCUT2D eigenvalue weighted by Gasteiger charge is -2.39. The first-order valence-corrected chi connectivity index (χ1v) is 11.6. The van der Waals surface area contributed by atoms with Gasteiger partial charge in [0.25, 0.3) is 0 Å². The maximum Gasteiger partial charge on any atom is 0.310 e. The van der Waals surface area contributed by atoms with Crippen LogP contribution < -0.4 is 18.9 Å². The van der Waals surface area contributed by atoms with Crippen LogP contribution in [0.2, 0.25) is 0 Å². The number of esters is 1. The van der Waals surface area contributed by atoms with Gasteiger partial charge in [0, 0.05) is 11.8 Å². The number of fused-ring (bicyclic) bond motifs is 3. The highest BCUT2D eigenvalue weighted by atomic mass is 16.7. The van der Waals surface area contributed by atoms with Gasteiger partial charge < -0.3 is 33.7 Å². The van der Waals surface area contributed by atoms with E-state index >= 15 is 0 Å². The number of ether oxygens (including phenoxy) is 5. The van der Waals surface area contributed by atoms with Crippen LogP contribution >= 0.6 is 0 Å². The molecule has 1 saturated heterocycles. The monoisotopic (exact) mass is 469 g/mol. The summed E-state index contributed by atoms with van der Waals surface area (Å²) in [6.45, 7) is 1.55. The zero-order valence-electron chi connectivity index (χ0n) is 20.0. The van der Waals surface area contributed by atoms with Crippen molar-refractivity contribution in [1.29, 1.82) is 0 Å². The fourth-order valence-electron chi connectivity index (χ4n) is 5.77. The van der Waals surface area contributed by atoms with Gasteiger partial charge in [-0.05, 0) is 80.4 Å². The van der Waals surface area contributed by atoms with E-state index in [0.717, 1.165) is 36.3 Å². The lowest BCUT2D eigenvalue weighted by atomic mass is 9.62. The van der Waals surface area contributed by atoms with E-state index < -0.39 is 0 Å². The minimum atomic E-state index is -0.351. The third kappa shape index (κ3) is 3.70. The molecule has 2 aliphatic heterocycles. The van der Waals surface area contributed by atoms with Gasteiger partial charge in [-0.1, -0.05) is 0 Å². The fourth-order valence-corrected chi connectivity index (χ4v) is 5.77. The van der Waals surface area contributed by atoms with Crippen LogP contribution in [0.1, 0.15) is 41.4 Å². The predicted octanol–water partition coefficient (Wildman–Crippen LogP) is 3.50. The summed E-state index contributed by atoms with van der Waals surface area (Å²) in [5.74, 6) is 1.31. The highest BCUT2D eigenvalue weighted by molar-refractivity contribution is 5.79. The Morgan fingerprint density at radius 1 is 1.00 bits per heavy atom. The first-order chi connectivity index (χ1) is 16.4. The third-order valence-electron chi connectivity index (χ3n) is 7.32. The molecule has 0 saturated carbocycles. The number of methoxy groups -OCH3 is 2. The van der Waals surface area contributed by atoms with E-state index in [1.807, 2.05) is 6.07 Å². The lowest BCUT2D eigenvalue weighted by molar-refractivity contribution is -0.141. The highest BCUT2D eigenvalue weighted by Gasteiger charge is 2.52. The van der Waals surface area contributed by atoms with E-state index in [1.165, 1.54) is 19.8 Å². The Morgan fingerprint density at radius 2 is 1.65 bits per heavy atom. The number of nitrogens with zero attached hydrogens (tertiary/aromatic N) is 1. The standard InChI is InChI=1S/C26H31NO7/c1-27(2)7-5-6-15-16-10-19-20(34-13-33-19)11-17(16)23(24-18(15)12-32-26(24)29)14-8-21(30-3)25(28)22(9-14)31-4/h8-11,15,18,23-24,28H,5-7,12-13H2,1-4H3/t15-,18?,23-,24+/m1/s1. The number of benzene rings is 2. The molecule has 0 bridgehead atoms. The maximum absolute atomic E-state index is 13.1. The lowest BCUT2D eigenvalue weighted by Crippen LogP contribution is -2.35. The SMILES string of the molecule is COc1cc([C@@H]2c3cc4c(cc3[C@@H](CCCN(C)C)C3COC(=O)[C@@H]32)OCO4)cc(OC)c1O. The van der Waals surface area contributed by atoms with Crippen LogP contribution in [-0.2, 0) is 9.53 Å². The van der Waals surface area contributed by atoms with Crippen molar-refractivity contribution >= 4 is 5.97 Å². The molecular formula is C26H31NO7. The first-order valence-electron chi connectivity index (χ1n) is 11.6. The van der Waals surface area contributed by atoms with Gasteiger partial charge in [-0.3, -0.25) is 4.79 Å². The molecule has 1 fully saturated rings. The molecule has 4 atom stereocenters. The zero-order chi connectivity index (χ0) is 24.0. The molecule has 8 heteroatoms. The number of carbonyl (C=O) groups excluding carboxylic acids is 1. The van der Waals surface area contributed by atoms with Crippen molar-refractivity contribution in [3.8, 4) is 28.7 Å². The molecule has 1 N–H and O–H groups in total. The van der Waals surface area contributed by atoms with Crippen molar-refractivity contribution in [1.82, 2.24) is 4.90 Å². The average Bonchev–Trinajstić information content (AvgIpc) is 3.44. The second-order valence-electron chi connectivity index (χ2n) is 9.46. The number of phenolic OH excluding ortho intramolecular Hbond substituents is 1. The van der Waals surface area contributed by atoms with Crippen LogP contribution in [0.4, 0.5) is 0 Å². The predicted molar refractivity (Wildman–Crippen MR) is 124 cm³/mol. The molecule has 8 nitrogen and oxygen atoms in total. The van der Waals surface area contributed by atoms with Crippen molar-refractivity contribution in [2.45, 2.75) is 24.7 Å². The molecule has 3 aliphatic rings. The van der Waals surface area contributed by atoms with Gasteiger partial charge in [0.05, 0.1) is 26.7 Å². The molecule has 2 aromatic rings. The minimum Gasteiger partial charge on any atom is -0.502 e. The summed E-state index contributed by atoms with van der Waals surface area (Å²) in [6, 6.07) is 7.66. The van der Waals surface area contributed by atoms with E-state index in [4.69, 9.17) is 23.7 Å². The molecular weight excluding hydrogens is 438 g/mol. The number of rotatable bonds is 7. The summed E-state index contributed by atoms with van der Waals surface area (Å²) in [4.78, 5) is 15.3. The topological polar surface area (TPSA) is 86.7 Å². The molecule has 182 valence electrons. The largest absolute Gasteiger partial charge is 0.502 e. The number of phenols is 1. The summed E-state index contributed by atoms with van der Waals surface area (Å²) >= 11 is 0. The molecule has 5 rings (SSSR count). The van der Waals surface area contributed by atoms with Gasteiger partial charge in [-0.25, -0.2) is 0 Å². The van der Waals surface area contributed by atoms with E-state index in [9.17, 15) is 9.90 Å². The van der Waals surface area contributed by atoms with E-state index in [1.54, 1.807) is 12.1 Å². The number of hydrogen-bond acceptors (Lipinski definition) is 8. The molecule has 0 radical (unpaired) electrons. The second kappa shape index (κ2) is 8.91. The quantitative estimate of drug-likeness (QED) is 0.617. The van der Waals surface area contributed by atoms with Gasteiger partial charge >= 0.3 is 5.97 Å². The van der Waals surface area contributed by atoms with Crippen LogP contribution in [0.3, 0.4) is 0 Å². The van der Waals surface area contributed by atoms with Gasteiger partial charge in [0.15, 0.2) is 23.0 Å². The minimum absolute atomic E-state index is 0.0401. The Balaban J connectivity index is 1.67. The molecule has 2 aromatic carbocycles. The molecule has 0 aromatic heterocycles. The molecule has 1 unspecified atom stereocenters. The Kier molecular flexibility index (Phi) is 5.93. The van der Waals surface area contributed by atoms with Gasteiger partial charge in [-0.15, -0.1) is 0 Å². The smallest absolute Gasteiger partial charge is 0.310 e. The normalized spacial score (nSPS) is 24.6. The summed E-state index contributed by atoms with van der Waals surface area (Å²) in [7, 11) is 7.14. The zero-order valence-corrected chi connectivity index (χ0v) is 20.0. The van der Waals surface area contributed by atoms with Crippen LogP contribution in [-0.4, -0.2) is 64.2 Å². The van der Waals surface area contributed by atoms with Gasteiger partial charge in [-0.2, -0.15) is 0 Å². The van der Waals surface area contributed by atoms with E-state index in [2.05, 4.69) is 25.1 Å². The summed E-state index contributed by atoms with van der Waals surface area (Å²) in [5, 5.41) is 10.5. The summed E-state index contributed by atoms with van der Waals surface area (Å²) < 4.78 is 27.9. The van der Waals surface area contributed by atoms with Gasteiger partial charge in [0.2, 0.25) is 12.5 Å². The Labute approximate surface area is 199 Å². The van der Waals surface area contributed by atoms with Crippen LogP contribution in [0.15, 0.2) is 24.3 Å². The average molecular weight is 470 g/mol. The molecule has 34 heavy (non-hydrogen) atoms. The van der Waals surface area contributed by atoms with Gasteiger partial charge in [0.1, 0.15) is 0 Å². The van der Waals surface area contributed by atoms with Crippen LogP contribution in [0, 0.1) is 11.8 Å². The number of carbonyl (C=O) groups is 1. The summed E-state index contributed by atoms with van der Waals surface area (Å²) in [5.41, 5.74) is 3.01. The molecule has 0 spiro atoms. The number of hydrogen-bond donors (Lipinski definition) is 1. The van der Waals surface area contributed by atoms with Crippen LogP contribution in [0.25, 0.3) is 0 Å². The molecule has 0 amide bonds. The van der Waals surface area contributed by atoms with Crippen molar-refractivity contribution in [2.75, 3.05) is 48.3 Å². The van der Waals surface area contributed by atoms with Crippen molar-refractivity contribution < 1.29 is 33.6 Å². The maximum atomic E-state index is 13.1. The number of aromatic hydroxyl groups is 1. The number of cyclic esters (lactones) is 1. The summed E-state index contributed by atoms with van der Waals surface area (Å²) in [6.07, 6.45) is 1.95. The van der Waals surface area contributed by atoms with Crippen molar-refractivity contribution in [3.05, 3.63) is 41.0 Å². The van der Waals surface area contributed by atoms with Crippen LogP contribution in [0.5, 0.6) is 28.7 Å². The first kappa shape index (κ1) is 22.7. The molecule has 1 aliphatic carbocycles. The molecule has 2 heterocycles. The Bertz CT molecular complexity index is 1070. The van der Waals surface area contributed by atoms with Crippen molar-refractivity contribution in [3.63, 3.8) is 0 Å². The fraction of sp³-hybridized carbons (Fsp3) is 0.500.